The largest absolute Gasteiger partial charge is 0.478 e. The van der Waals surface area contributed by atoms with Crippen LogP contribution >= 0.6 is 0 Å². The molecule has 35 heavy (non-hydrogen) atoms. The highest BCUT2D eigenvalue weighted by atomic mass is 16.5. The molecular weight excluding hydrogens is 440 g/mol. The van der Waals surface area contributed by atoms with Crippen molar-refractivity contribution in [2.24, 2.45) is 0 Å². The lowest BCUT2D eigenvalue weighted by atomic mass is 9.70. The number of aliphatic carboxylic acids is 1. The molecule has 1 atom stereocenters. The number of ether oxygens (including phenoxy) is 2. The predicted molar refractivity (Wildman–Crippen MR) is 133 cm³/mol. The molecule has 3 aromatic carbocycles. The lowest BCUT2D eigenvalue weighted by Gasteiger charge is -2.39. The summed E-state index contributed by atoms with van der Waals surface area (Å²) in [5.74, 6) is -1.14. The van der Waals surface area contributed by atoms with Crippen molar-refractivity contribution in [1.82, 2.24) is 9.97 Å². The molecule has 0 bridgehead atoms. The molecule has 4 rings (SSSR count). The second-order valence-electron chi connectivity index (χ2n) is 8.45. The molecule has 0 radical (unpaired) electrons. The highest BCUT2D eigenvalue weighted by Crippen LogP contribution is 2.38. The van der Waals surface area contributed by atoms with Crippen molar-refractivity contribution in [2.45, 2.75) is 32.0 Å². The quantitative estimate of drug-likeness (QED) is 0.348. The van der Waals surface area contributed by atoms with Crippen LogP contribution in [0.2, 0.25) is 0 Å². The van der Waals surface area contributed by atoms with E-state index < -0.39 is 17.5 Å². The Morgan fingerprint density at radius 3 is 1.80 bits per heavy atom. The van der Waals surface area contributed by atoms with Crippen LogP contribution in [0, 0.1) is 13.8 Å². The van der Waals surface area contributed by atoms with E-state index in [1.54, 1.807) is 0 Å². The highest BCUT2D eigenvalue weighted by Gasteiger charge is 2.49. The Morgan fingerprint density at radius 1 is 0.829 bits per heavy atom. The van der Waals surface area contributed by atoms with Crippen LogP contribution in [-0.4, -0.2) is 33.8 Å². The molecule has 0 fully saturated rings. The fourth-order valence-electron chi connectivity index (χ4n) is 4.30. The summed E-state index contributed by atoms with van der Waals surface area (Å²) >= 11 is 0. The second kappa shape index (κ2) is 10.9. The molecule has 178 valence electrons. The zero-order valence-electron chi connectivity index (χ0n) is 19.8. The maximum Gasteiger partial charge on any atom is 0.346 e. The van der Waals surface area contributed by atoms with Crippen molar-refractivity contribution >= 4 is 5.97 Å². The number of carboxylic acids is 1. The van der Waals surface area contributed by atoms with Crippen molar-refractivity contribution in [1.29, 1.82) is 0 Å². The number of carbonyl (C=O) groups is 1. The van der Waals surface area contributed by atoms with E-state index in [0.717, 1.165) is 16.7 Å². The molecule has 6 heteroatoms. The van der Waals surface area contributed by atoms with Crippen molar-refractivity contribution in [3.63, 3.8) is 0 Å². The van der Waals surface area contributed by atoms with Crippen molar-refractivity contribution in [2.75, 3.05) is 6.61 Å². The SMILES string of the molecule is Cc1cc(C)nc(OC(C(=O)O)C(COCc2ccccc2)(c2ccccc2)c2ccccc2)n1. The molecule has 1 aromatic heterocycles. The van der Waals surface area contributed by atoms with E-state index in [9.17, 15) is 9.90 Å². The van der Waals surface area contributed by atoms with E-state index in [4.69, 9.17) is 9.47 Å². The molecule has 0 aliphatic carbocycles. The summed E-state index contributed by atoms with van der Waals surface area (Å²) in [6.07, 6.45) is -1.36. The first-order valence-electron chi connectivity index (χ1n) is 11.4. The Kier molecular flexibility index (Phi) is 7.53. The van der Waals surface area contributed by atoms with Crippen LogP contribution in [0.1, 0.15) is 28.1 Å². The van der Waals surface area contributed by atoms with Gasteiger partial charge in [-0.3, -0.25) is 0 Å². The Hall–Kier alpha value is -4.03. The minimum atomic E-state index is -1.36. The van der Waals surface area contributed by atoms with Gasteiger partial charge in [-0.15, -0.1) is 0 Å². The van der Waals surface area contributed by atoms with Crippen molar-refractivity contribution in [3.05, 3.63) is 125 Å². The van der Waals surface area contributed by atoms with Gasteiger partial charge >= 0.3 is 12.0 Å². The third-order valence-corrected chi connectivity index (χ3v) is 5.88. The van der Waals surface area contributed by atoms with Crippen LogP contribution in [-0.2, 0) is 21.6 Å². The number of benzene rings is 3. The zero-order chi connectivity index (χ0) is 24.7. The van der Waals surface area contributed by atoms with E-state index >= 15 is 0 Å². The van der Waals surface area contributed by atoms with Gasteiger partial charge in [0.05, 0.1) is 18.6 Å². The molecule has 0 aliphatic rings. The first kappa shape index (κ1) is 24.1. The summed E-state index contributed by atoms with van der Waals surface area (Å²) in [6.45, 7) is 4.04. The van der Waals surface area contributed by atoms with Gasteiger partial charge in [-0.2, -0.15) is 0 Å². The lowest BCUT2D eigenvalue weighted by molar-refractivity contribution is -0.150. The first-order chi connectivity index (χ1) is 17.0. The van der Waals surface area contributed by atoms with Crippen molar-refractivity contribution < 1.29 is 19.4 Å². The molecule has 1 heterocycles. The van der Waals surface area contributed by atoms with Crippen LogP contribution in [0.25, 0.3) is 0 Å². The fourth-order valence-corrected chi connectivity index (χ4v) is 4.30. The monoisotopic (exact) mass is 468 g/mol. The van der Waals surface area contributed by atoms with E-state index in [2.05, 4.69) is 9.97 Å². The number of aryl methyl sites for hydroxylation is 2. The number of hydrogen-bond donors (Lipinski definition) is 1. The summed E-state index contributed by atoms with van der Waals surface area (Å²) in [5.41, 5.74) is 2.73. The molecule has 0 spiro atoms. The zero-order valence-corrected chi connectivity index (χ0v) is 19.8. The van der Waals surface area contributed by atoms with Crippen molar-refractivity contribution in [3.8, 4) is 6.01 Å². The molecule has 6 nitrogen and oxygen atoms in total. The van der Waals surface area contributed by atoms with Gasteiger partial charge in [0.1, 0.15) is 0 Å². The first-order valence-corrected chi connectivity index (χ1v) is 11.4. The van der Waals surface area contributed by atoms with E-state index in [-0.39, 0.29) is 12.6 Å². The highest BCUT2D eigenvalue weighted by molar-refractivity contribution is 5.77. The molecular formula is C29H28N2O4. The second-order valence-corrected chi connectivity index (χ2v) is 8.45. The van der Waals surface area contributed by atoms with Gasteiger partial charge in [0.2, 0.25) is 6.10 Å². The van der Waals surface area contributed by atoms with Gasteiger partial charge in [-0.25, -0.2) is 14.8 Å². The smallest absolute Gasteiger partial charge is 0.346 e. The Bertz CT molecular complexity index is 1190. The number of nitrogens with zero attached hydrogens (tertiary/aromatic N) is 2. The number of carboxylic acid groups (broad SMARTS) is 1. The topological polar surface area (TPSA) is 81.5 Å². The third kappa shape index (κ3) is 5.55. The van der Waals surface area contributed by atoms with Crippen LogP contribution in [0.15, 0.2) is 97.1 Å². The van der Waals surface area contributed by atoms with Gasteiger partial charge < -0.3 is 14.6 Å². The number of aromatic nitrogens is 2. The Balaban J connectivity index is 1.83. The summed E-state index contributed by atoms with van der Waals surface area (Å²) < 4.78 is 12.3. The third-order valence-electron chi connectivity index (χ3n) is 5.88. The maximum absolute atomic E-state index is 12.9. The van der Waals surface area contributed by atoms with E-state index in [1.165, 1.54) is 0 Å². The normalized spacial score (nSPS) is 12.2. The van der Waals surface area contributed by atoms with E-state index in [0.29, 0.717) is 18.0 Å². The van der Waals surface area contributed by atoms with Gasteiger partial charge in [-0.1, -0.05) is 91.0 Å². The predicted octanol–water partition coefficient (Wildman–Crippen LogP) is 5.13. The molecule has 4 aromatic rings. The van der Waals surface area contributed by atoms with E-state index in [1.807, 2.05) is 111 Å². The average molecular weight is 469 g/mol. The van der Waals surface area contributed by atoms with Crippen LogP contribution < -0.4 is 4.74 Å². The van der Waals surface area contributed by atoms with Crippen LogP contribution in [0.5, 0.6) is 6.01 Å². The van der Waals surface area contributed by atoms with Gasteiger partial charge in [-0.05, 0) is 36.6 Å². The molecule has 0 saturated carbocycles. The minimum absolute atomic E-state index is 0.0224. The number of rotatable bonds is 10. The number of hydrogen-bond acceptors (Lipinski definition) is 5. The molecule has 0 amide bonds. The standard InChI is InChI=1S/C29H28N2O4/c1-21-18-22(2)31-28(30-21)35-26(27(32)33)29(24-14-8-4-9-15-24,25-16-10-5-11-17-25)20-34-19-23-12-6-3-7-13-23/h3-18,26H,19-20H2,1-2H3,(H,32,33). The fraction of sp³-hybridized carbons (Fsp3) is 0.207. The summed E-state index contributed by atoms with van der Waals surface area (Å²) in [5, 5.41) is 10.5. The van der Waals surface area contributed by atoms with Crippen LogP contribution in [0.4, 0.5) is 0 Å². The van der Waals surface area contributed by atoms with Gasteiger partial charge in [0.15, 0.2) is 0 Å². The lowest BCUT2D eigenvalue weighted by Crippen LogP contribution is -2.52. The maximum atomic E-state index is 12.9. The molecule has 0 saturated heterocycles. The molecule has 1 unspecified atom stereocenters. The Morgan fingerprint density at radius 2 is 1.31 bits per heavy atom. The molecule has 0 aliphatic heterocycles. The average Bonchev–Trinajstić information content (AvgIpc) is 2.87. The minimum Gasteiger partial charge on any atom is -0.478 e. The molecule has 1 N–H and O–H groups in total. The summed E-state index contributed by atoms with van der Waals surface area (Å²) in [7, 11) is 0. The van der Waals surface area contributed by atoms with Gasteiger partial charge in [0, 0.05) is 11.4 Å². The van der Waals surface area contributed by atoms with Crippen LogP contribution in [0.3, 0.4) is 0 Å². The Labute approximate surface area is 205 Å². The summed E-state index contributed by atoms with van der Waals surface area (Å²) in [6, 6.07) is 30.6. The van der Waals surface area contributed by atoms with Gasteiger partial charge in [0.25, 0.3) is 0 Å². The summed E-state index contributed by atoms with van der Waals surface area (Å²) in [4.78, 5) is 21.6.